The molecule has 15 nitrogen and oxygen atoms in total. The van der Waals surface area contributed by atoms with Crippen LogP contribution in [-0.4, -0.2) is 123 Å². The van der Waals surface area contributed by atoms with Gasteiger partial charge in [-0.2, -0.15) is 0 Å². The zero-order valence-corrected chi connectivity index (χ0v) is 32.5. The van der Waals surface area contributed by atoms with E-state index in [1.165, 1.54) is 16.7 Å². The van der Waals surface area contributed by atoms with E-state index < -0.39 is 59.7 Å². The monoisotopic (exact) mass is 764 g/mol. The molecule has 0 saturated carbocycles. The molecule has 2 saturated heterocycles. The molecular formula is C40H56N6O9. The predicted molar refractivity (Wildman–Crippen MR) is 204 cm³/mol. The minimum atomic E-state index is -1.17. The first kappa shape index (κ1) is 42.7. The fourth-order valence-electron chi connectivity index (χ4n) is 6.36. The second-order valence-corrected chi connectivity index (χ2v) is 14.6. The highest BCUT2D eigenvalue weighted by Crippen LogP contribution is 2.20. The third kappa shape index (κ3) is 13.1. The Balaban J connectivity index is 1.52. The van der Waals surface area contributed by atoms with E-state index in [-0.39, 0.29) is 50.2 Å². The zero-order valence-electron chi connectivity index (χ0n) is 32.5. The van der Waals surface area contributed by atoms with Crippen LogP contribution >= 0.6 is 0 Å². The smallest absolute Gasteiger partial charge is 0.252 e. The Morgan fingerprint density at radius 2 is 1.60 bits per heavy atom. The Morgan fingerprint density at radius 3 is 2.29 bits per heavy atom. The van der Waals surface area contributed by atoms with Crippen molar-refractivity contribution in [3.05, 3.63) is 65.7 Å². The number of ether oxygens (including phenoxy) is 3. The minimum Gasteiger partial charge on any atom is -0.489 e. The van der Waals surface area contributed by atoms with Crippen LogP contribution in [-0.2, 0) is 40.1 Å². The Hall–Kier alpha value is -5.02. The number of carbonyl (C=O) groups is 6. The summed E-state index contributed by atoms with van der Waals surface area (Å²) in [6.45, 7) is 6.18. The van der Waals surface area contributed by atoms with Crippen molar-refractivity contribution in [2.45, 2.75) is 89.7 Å². The van der Waals surface area contributed by atoms with Crippen molar-refractivity contribution >= 4 is 35.4 Å². The molecule has 4 N–H and O–H groups in total. The van der Waals surface area contributed by atoms with Crippen LogP contribution in [0.25, 0.3) is 0 Å². The van der Waals surface area contributed by atoms with Gasteiger partial charge in [-0.15, -0.1) is 0 Å². The Kier molecular flexibility index (Phi) is 16.4. The molecule has 5 atom stereocenters. The van der Waals surface area contributed by atoms with E-state index >= 15 is 0 Å². The molecule has 0 spiro atoms. The van der Waals surface area contributed by atoms with Gasteiger partial charge in [0.15, 0.2) is 0 Å². The van der Waals surface area contributed by atoms with Crippen LogP contribution in [0.15, 0.2) is 54.6 Å². The molecule has 0 aromatic heterocycles. The summed E-state index contributed by atoms with van der Waals surface area (Å²) in [4.78, 5) is 83.9. The van der Waals surface area contributed by atoms with E-state index in [2.05, 4.69) is 21.3 Å². The number of rotatable bonds is 8. The number of hydrogen-bond donors (Lipinski definition) is 4. The van der Waals surface area contributed by atoms with Crippen molar-refractivity contribution in [2.24, 2.45) is 5.92 Å². The van der Waals surface area contributed by atoms with E-state index in [4.69, 9.17) is 14.2 Å². The predicted octanol–water partition coefficient (Wildman–Crippen LogP) is 1.79. The van der Waals surface area contributed by atoms with Gasteiger partial charge in [0.1, 0.15) is 42.6 Å². The van der Waals surface area contributed by atoms with Crippen LogP contribution in [0.5, 0.6) is 5.75 Å². The van der Waals surface area contributed by atoms with Gasteiger partial charge in [0, 0.05) is 39.4 Å². The summed E-state index contributed by atoms with van der Waals surface area (Å²) in [5.41, 5.74) is 1.23. The molecule has 0 unspecified atom stereocenters. The number of fused-ring (bicyclic) bond motifs is 1. The maximum Gasteiger partial charge on any atom is 0.252 e. The molecule has 55 heavy (non-hydrogen) atoms. The van der Waals surface area contributed by atoms with Crippen molar-refractivity contribution in [3.8, 4) is 5.75 Å². The van der Waals surface area contributed by atoms with Crippen LogP contribution in [0.4, 0.5) is 0 Å². The highest BCUT2D eigenvalue weighted by Gasteiger charge is 2.39. The summed E-state index contributed by atoms with van der Waals surface area (Å²) in [5, 5.41) is 11.1. The van der Waals surface area contributed by atoms with Gasteiger partial charge in [0.05, 0.1) is 13.2 Å². The molecule has 2 aliphatic heterocycles. The topological polar surface area (TPSA) is 185 Å². The fourth-order valence-corrected chi connectivity index (χ4v) is 6.36. The van der Waals surface area contributed by atoms with Gasteiger partial charge in [0.2, 0.25) is 29.5 Å². The van der Waals surface area contributed by atoms with E-state index in [0.29, 0.717) is 44.6 Å². The summed E-state index contributed by atoms with van der Waals surface area (Å²) >= 11 is 0. The highest BCUT2D eigenvalue weighted by molar-refractivity contribution is 5.99. The lowest BCUT2D eigenvalue weighted by Crippen LogP contribution is -2.59. The summed E-state index contributed by atoms with van der Waals surface area (Å²) in [7, 11) is 3.17. The molecule has 0 bridgehead atoms. The molecule has 2 heterocycles. The molecule has 2 fully saturated rings. The molecular weight excluding hydrogens is 708 g/mol. The SMILES string of the molecule is CC(C)C[C@@H]1NC(=O)[C@@H](NC(=O)c2cccc(OCc3ccccc3)c2)COCCCCOC[C@@H](C(=O)N(C)C)NC(=O)[C@@H]2CCCN2C(=O)[C@H](C)NC1=O. The molecule has 0 aliphatic carbocycles. The molecule has 2 aliphatic rings. The number of carbonyl (C=O) groups excluding carboxylic acids is 6. The summed E-state index contributed by atoms with van der Waals surface area (Å²) in [6.07, 6.45) is 2.30. The molecule has 300 valence electrons. The second kappa shape index (κ2) is 21.2. The first-order chi connectivity index (χ1) is 26.3. The van der Waals surface area contributed by atoms with Gasteiger partial charge in [-0.25, -0.2) is 0 Å². The zero-order chi connectivity index (χ0) is 39.9. The Bertz CT molecular complexity index is 1620. The maximum absolute atomic E-state index is 13.8. The highest BCUT2D eigenvalue weighted by atomic mass is 16.5. The van der Waals surface area contributed by atoms with Crippen molar-refractivity contribution in [2.75, 3.05) is 47.1 Å². The van der Waals surface area contributed by atoms with Gasteiger partial charge in [-0.05, 0) is 68.7 Å². The van der Waals surface area contributed by atoms with Gasteiger partial charge in [-0.3, -0.25) is 28.8 Å². The first-order valence-electron chi connectivity index (χ1n) is 19.0. The maximum atomic E-state index is 13.8. The quantitative estimate of drug-likeness (QED) is 0.311. The van der Waals surface area contributed by atoms with E-state index in [1.54, 1.807) is 38.4 Å². The second-order valence-electron chi connectivity index (χ2n) is 14.6. The molecule has 15 heteroatoms. The van der Waals surface area contributed by atoms with Gasteiger partial charge >= 0.3 is 0 Å². The van der Waals surface area contributed by atoms with Gasteiger partial charge in [-0.1, -0.05) is 50.2 Å². The lowest BCUT2D eigenvalue weighted by molar-refractivity contribution is -0.143. The van der Waals surface area contributed by atoms with E-state index in [9.17, 15) is 28.8 Å². The van der Waals surface area contributed by atoms with Crippen molar-refractivity contribution < 1.29 is 43.0 Å². The van der Waals surface area contributed by atoms with Crippen molar-refractivity contribution in [1.82, 2.24) is 31.1 Å². The van der Waals surface area contributed by atoms with Crippen LogP contribution in [0.1, 0.15) is 68.8 Å². The summed E-state index contributed by atoms with van der Waals surface area (Å²) < 4.78 is 17.5. The lowest BCUT2D eigenvalue weighted by Gasteiger charge is -2.30. The number of likely N-dealkylation sites (N-methyl/N-ethyl adjacent to an activating group) is 1. The normalized spacial score (nSPS) is 23.7. The first-order valence-corrected chi connectivity index (χ1v) is 19.0. The summed E-state index contributed by atoms with van der Waals surface area (Å²) in [6, 6.07) is 11.2. The van der Waals surface area contributed by atoms with Crippen LogP contribution in [0, 0.1) is 5.92 Å². The molecule has 2 aromatic carbocycles. The Labute approximate surface area is 323 Å². The number of amides is 6. The third-order valence-electron chi connectivity index (χ3n) is 9.33. The average Bonchev–Trinajstić information content (AvgIpc) is 3.66. The third-order valence-corrected chi connectivity index (χ3v) is 9.33. The fraction of sp³-hybridized carbons (Fsp3) is 0.550. The molecule has 4 rings (SSSR count). The number of hydrogen-bond acceptors (Lipinski definition) is 9. The van der Waals surface area contributed by atoms with Crippen LogP contribution in [0.3, 0.4) is 0 Å². The molecule has 2 aromatic rings. The van der Waals surface area contributed by atoms with Gasteiger partial charge in [0.25, 0.3) is 5.91 Å². The van der Waals surface area contributed by atoms with Crippen molar-refractivity contribution in [1.29, 1.82) is 0 Å². The Morgan fingerprint density at radius 1 is 0.891 bits per heavy atom. The summed E-state index contributed by atoms with van der Waals surface area (Å²) in [5.74, 6) is -2.60. The molecule has 6 amide bonds. The average molecular weight is 765 g/mol. The van der Waals surface area contributed by atoms with Gasteiger partial charge < -0.3 is 45.3 Å². The van der Waals surface area contributed by atoms with E-state index in [1.807, 2.05) is 44.2 Å². The van der Waals surface area contributed by atoms with Crippen LogP contribution < -0.4 is 26.0 Å². The minimum absolute atomic E-state index is 0.0221. The number of nitrogens with one attached hydrogen (secondary N) is 4. The lowest BCUT2D eigenvalue weighted by atomic mass is 10.0. The standard InChI is InChI=1S/C40H56N6O9/c1-26(2)21-31-36(48)41-27(3)39(51)46-18-12-17-34(46)38(50)44-33(40(52)45(4)5)25-54-20-10-9-19-53-24-32(37(49)42-31)43-35(47)29-15-11-16-30(22-29)55-23-28-13-7-6-8-14-28/h6-8,11,13-16,22,26-27,31-34H,9-10,12,17-21,23-25H2,1-5H3,(H,41,48)(H,42,49)(H,43,47)(H,44,50)/t27-,31-,32-,33-,34-/m0/s1. The van der Waals surface area contributed by atoms with Crippen LogP contribution in [0.2, 0.25) is 0 Å². The van der Waals surface area contributed by atoms with Crippen molar-refractivity contribution in [3.63, 3.8) is 0 Å². The largest absolute Gasteiger partial charge is 0.489 e. The molecule has 0 radical (unpaired) electrons. The number of nitrogens with zero attached hydrogens (tertiary/aromatic N) is 2. The number of benzene rings is 2. The van der Waals surface area contributed by atoms with E-state index in [0.717, 1.165) is 5.56 Å².